The molecule has 29 nitrogen and oxygen atoms in total. The zero-order valence-corrected chi connectivity index (χ0v) is 94.3. The number of hydrogen-bond acceptors (Lipinski definition) is 24. The Bertz CT molecular complexity index is 6010. The molecular formula is C100H128Br4Cl3FN6O23P3+. The number of aliphatic carboxylic acids is 1. The molecule has 3 aromatic heterocycles. The number of aromatic nitrogens is 3. The fourth-order valence-corrected chi connectivity index (χ4v) is 19.8. The number of carboxylic acid groups (broad SMARTS) is 1. The topological polar surface area (TPSA) is 367 Å². The molecule has 0 spiro atoms. The molecule has 3 N–H and O–H groups in total. The Morgan fingerprint density at radius 3 is 1.39 bits per heavy atom. The van der Waals surface area contributed by atoms with E-state index in [0.717, 1.165) is 63.2 Å². The van der Waals surface area contributed by atoms with Crippen molar-refractivity contribution in [2.75, 3.05) is 65.6 Å². The lowest BCUT2D eigenvalue weighted by Gasteiger charge is -2.20. The first-order valence-corrected chi connectivity index (χ1v) is 53.1. The summed E-state index contributed by atoms with van der Waals surface area (Å²) in [5.41, 5.74) is 8.57. The van der Waals surface area contributed by atoms with Crippen LogP contribution in [0.3, 0.4) is 0 Å². The molecular weight excluding hydrogens is 2190 g/mol. The summed E-state index contributed by atoms with van der Waals surface area (Å²) in [7, 11) is -4.70. The minimum atomic E-state index is -3.49. The lowest BCUT2D eigenvalue weighted by atomic mass is 9.99. The largest absolute Gasteiger partial charge is 0.697 e. The maximum absolute atomic E-state index is 13.8. The van der Waals surface area contributed by atoms with Crippen LogP contribution in [-0.2, 0) is 128 Å². The second-order valence-electron chi connectivity index (χ2n) is 35.1. The Labute approximate surface area is 869 Å². The first-order valence-electron chi connectivity index (χ1n) is 44.7. The summed E-state index contributed by atoms with van der Waals surface area (Å²) < 4.78 is 104. The lowest BCUT2D eigenvalue weighted by Crippen LogP contribution is -2.42. The Morgan fingerprint density at radius 2 is 0.979 bits per heavy atom. The number of carbonyl (C=O) groups excluding carboxylic acids is 9. The molecule has 4 aliphatic rings. The third kappa shape index (κ3) is 39.9. The molecule has 3 atom stereocenters. The van der Waals surface area contributed by atoms with E-state index < -0.39 is 52.4 Å². The highest BCUT2D eigenvalue weighted by molar-refractivity contribution is 9.11. The van der Waals surface area contributed by atoms with Gasteiger partial charge in [0.25, 0.3) is 0 Å². The summed E-state index contributed by atoms with van der Waals surface area (Å²) in [4.78, 5) is 116. The van der Waals surface area contributed by atoms with Crippen LogP contribution in [0.5, 0.6) is 0 Å². The van der Waals surface area contributed by atoms with Crippen LogP contribution in [0.2, 0.25) is 5.02 Å². The van der Waals surface area contributed by atoms with E-state index in [1.807, 2.05) is 78.0 Å². The number of ether oxygens (including phenoxy) is 3. The van der Waals surface area contributed by atoms with Crippen LogP contribution in [0.4, 0.5) is 4.39 Å². The number of rotatable bonds is 30. The van der Waals surface area contributed by atoms with Crippen molar-refractivity contribution >= 4 is 236 Å². The lowest BCUT2D eigenvalue weighted by molar-refractivity contribution is -0.156. The van der Waals surface area contributed by atoms with Gasteiger partial charge in [-0.2, -0.15) is 0 Å². The van der Waals surface area contributed by atoms with Gasteiger partial charge in [0.2, 0.25) is 11.1 Å². The molecule has 1 aliphatic heterocycles. The summed E-state index contributed by atoms with van der Waals surface area (Å²) >= 11 is 23.6. The number of esters is 3. The van der Waals surface area contributed by atoms with E-state index in [4.69, 9.17) is 49.0 Å². The molecule has 40 heteroatoms. The number of Topliss-reactive ketones (excluding diaryl/α,β-unsaturated/α-hetero) is 4. The third-order valence-corrected chi connectivity index (χ3v) is 27.3. The maximum atomic E-state index is 13.8. The van der Waals surface area contributed by atoms with Crippen LogP contribution in [0.15, 0.2) is 153 Å². The highest BCUT2D eigenvalue weighted by Gasteiger charge is 2.61. The van der Waals surface area contributed by atoms with Crippen molar-refractivity contribution in [1.29, 1.82) is 0 Å². The van der Waals surface area contributed by atoms with Gasteiger partial charge in [0, 0.05) is 112 Å². The number of benzene rings is 6. The number of nitrogens with one attached hydrogen (secondary N) is 2. The number of piperidine rings is 1. The van der Waals surface area contributed by atoms with Gasteiger partial charge in [-0.3, -0.25) is 57.1 Å². The van der Waals surface area contributed by atoms with E-state index in [0.29, 0.717) is 73.9 Å². The Kier molecular flexibility index (Phi) is 51.2. The van der Waals surface area contributed by atoms with Gasteiger partial charge in [-0.25, -0.2) is 4.39 Å². The standard InChI is InChI=1S/C20H28NO6P.C16H18BrNO3.C16H21ClFN3O.C16H20NO6P.C11H9BrO.C9H7Br.C6H11BrO2.C4H10O3P.C2H3ClO.ClH/c1-7-25-28(24,26-8-2)15-9-10-16-17(14(3)22)12-21(18(16)11-15)13-19(23)27-20(4,5)6;1-10(19)13-8-18(9-15(20)21-16(2,3)4)14-7-11(17)5-6-12(13)14;1-21(2)9-16-6-12(20-13(16)7-16)15(22)19-8-10-4-3-5-11(17)14(10)18;1-4-22-24(21,23-5-2)12-6-7-13-14(11(3)18)9-17(10-16(19)20)15(13)8-12;1-7(13)10-4-2-8-6-9(12)3-5-11(8)10;10-9-5-4-7-2-1-3-8(7)6-9;1-6(2,3)9-5(8)4-7;1-3-6-8(5)7-4-2;1-2(3)4;/h9-12H,7-8,13H2,1-6H3;5-8H,9H2,1-4H3;3-5,12-13,20H,6-9H2,1-2H3,(H,19,22);6-9H,4-5,10H2,1-3H3,(H,19,20);3-6H,2H2,1H3;1-2,4-6H,3H2;4H2,1-3H3;3-4H2,1-2H3;1H3;1H/q;;;;;;;+1;;/t;;12-,13?,16?;;;;;;;/m..0......./s1. The van der Waals surface area contributed by atoms with Gasteiger partial charge < -0.3 is 66.6 Å². The van der Waals surface area contributed by atoms with Crippen LogP contribution in [0.1, 0.15) is 210 Å². The molecule has 2 unspecified atom stereocenters. The average Bonchev–Trinajstić information content (AvgIpc) is 1.56. The minimum absolute atomic E-state index is 0. The highest BCUT2D eigenvalue weighted by Crippen LogP contribution is 2.55. The molecule has 1 saturated heterocycles. The van der Waals surface area contributed by atoms with E-state index in [-0.39, 0.29) is 139 Å². The zero-order chi connectivity index (χ0) is 105. The van der Waals surface area contributed by atoms with Gasteiger partial charge in [0.1, 0.15) is 60.8 Å². The second-order valence-corrected chi connectivity index (χ2v) is 44.3. The zero-order valence-electron chi connectivity index (χ0n) is 82.9. The van der Waals surface area contributed by atoms with E-state index in [9.17, 15) is 66.0 Å². The number of halogens is 8. The molecule has 0 radical (unpaired) electrons. The molecule has 13 rings (SSSR count). The van der Waals surface area contributed by atoms with Gasteiger partial charge in [-0.05, 0) is 272 Å². The molecule has 1 amide bonds. The van der Waals surface area contributed by atoms with Crippen molar-refractivity contribution in [1.82, 2.24) is 29.2 Å². The van der Waals surface area contributed by atoms with E-state index >= 15 is 0 Å². The predicted molar refractivity (Wildman–Crippen MR) is 566 cm³/mol. The summed E-state index contributed by atoms with van der Waals surface area (Å²) in [6.45, 7) is 36.8. The predicted octanol–water partition coefficient (Wildman–Crippen LogP) is 23.3. The average molecular weight is 2320 g/mol. The number of carboxylic acids is 1. The van der Waals surface area contributed by atoms with Gasteiger partial charge in [0.05, 0.1) is 64.7 Å². The monoisotopic (exact) mass is 2310 g/mol. The van der Waals surface area contributed by atoms with Crippen LogP contribution in [0, 0.1) is 11.2 Å². The molecule has 3 aliphatic carbocycles. The normalized spacial score (nSPS) is 14.6. The Balaban J connectivity index is 0.000000341. The number of fused-ring (bicyclic) bond motifs is 6. The van der Waals surface area contributed by atoms with Crippen molar-refractivity contribution in [3.63, 3.8) is 0 Å². The Hall–Kier alpha value is -7.92. The molecule has 140 heavy (non-hydrogen) atoms. The molecule has 4 heterocycles. The van der Waals surface area contributed by atoms with Crippen molar-refractivity contribution < 1.29 is 112 Å². The molecule has 2 fully saturated rings. The van der Waals surface area contributed by atoms with Gasteiger partial charge >= 0.3 is 47.3 Å². The van der Waals surface area contributed by atoms with Crippen LogP contribution < -0.4 is 21.2 Å². The van der Waals surface area contributed by atoms with Crippen molar-refractivity contribution in [2.45, 2.75) is 219 Å². The number of carbonyl (C=O) groups is 10. The number of alkyl halides is 1. The first kappa shape index (κ1) is 124. The quantitative estimate of drug-likeness (QED) is 0.00940. The number of nitrogens with zero attached hydrogens (tertiary/aromatic N) is 4. The summed E-state index contributed by atoms with van der Waals surface area (Å²) in [6, 6.07) is 33.0. The summed E-state index contributed by atoms with van der Waals surface area (Å²) in [5.74, 6) is -2.70. The molecule has 0 bridgehead atoms. The highest BCUT2D eigenvalue weighted by atomic mass is 79.9. The Morgan fingerprint density at radius 1 is 0.564 bits per heavy atom. The maximum Gasteiger partial charge on any atom is 0.697 e. The van der Waals surface area contributed by atoms with E-state index in [2.05, 4.69) is 150 Å². The van der Waals surface area contributed by atoms with E-state index in [1.54, 1.807) is 139 Å². The van der Waals surface area contributed by atoms with E-state index in [1.165, 1.54) is 65.7 Å². The first-order chi connectivity index (χ1) is 64.9. The van der Waals surface area contributed by atoms with Gasteiger partial charge in [-0.15, -0.1) is 21.5 Å². The van der Waals surface area contributed by atoms with Crippen molar-refractivity contribution in [3.8, 4) is 0 Å². The number of ketones is 4. The fraction of sp³-hybridized carbons (Fsp3) is 0.440. The van der Waals surface area contributed by atoms with Crippen LogP contribution in [-0.4, -0.2) is 176 Å². The smallest absolute Gasteiger partial charge is 0.480 e. The van der Waals surface area contributed by atoms with Crippen LogP contribution >= 0.6 is 123 Å². The van der Waals surface area contributed by atoms with Gasteiger partial charge in [0.15, 0.2) is 23.1 Å². The van der Waals surface area contributed by atoms with Crippen molar-refractivity contribution in [2.24, 2.45) is 5.41 Å². The second kappa shape index (κ2) is 57.7. The SMILES string of the molecule is Brc1ccc2c(c1)CC=C2.CC(=O)C1=CCc2cc(Br)ccc21.CC(=O)Cl.CC(=O)c1cn(CC(=O)OC(C)(C)C)c2cc(Br)ccc12.CC(C)(C)OC(=O)CBr.CCOP(=O)(OCC)c1ccc2c(C(C)=O)cn(CC(=O)O)c2c1.CCOP(=O)(OCC)c1ccc2c(C(C)=O)cn(CC(=O)OC(C)(C)C)c2c1.CCO[P+](=O)OCC.CN(C)CC12CC1N[C@H](C(=O)NCc1cccc(Cl)c1F)C2.Cl. The number of amides is 1. The van der Waals surface area contributed by atoms with Crippen LogP contribution in [0.25, 0.3) is 44.4 Å². The van der Waals surface area contributed by atoms with Crippen molar-refractivity contribution in [3.05, 3.63) is 209 Å². The minimum Gasteiger partial charge on any atom is -0.480 e. The summed E-state index contributed by atoms with van der Waals surface area (Å²) in [5, 5.41) is 18.1. The molecule has 766 valence electrons. The molecule has 9 aromatic rings. The van der Waals surface area contributed by atoms with Gasteiger partial charge in [-0.1, -0.05) is 136 Å². The fourth-order valence-electron chi connectivity index (χ4n) is 14.7. The third-order valence-electron chi connectivity index (χ3n) is 19.9. The molecule has 6 aromatic carbocycles. The number of hydrogen-bond donors (Lipinski definition) is 3. The molecule has 1 saturated carbocycles. The summed E-state index contributed by atoms with van der Waals surface area (Å²) in [6.07, 6.45) is 15.1. The number of allylic oxidation sites excluding steroid dienone is 3.